The molecule has 0 N–H and O–H groups in total. The summed E-state index contributed by atoms with van der Waals surface area (Å²) in [6.45, 7) is 3.76. The molecule has 0 radical (unpaired) electrons. The van der Waals surface area contributed by atoms with Crippen LogP contribution >= 0.6 is 0 Å². The monoisotopic (exact) mass is 1320 g/mol. The predicted octanol–water partition coefficient (Wildman–Crippen LogP) is 16.9. The summed E-state index contributed by atoms with van der Waals surface area (Å²) >= 11 is 0. The first-order valence-corrected chi connectivity index (χ1v) is 33.5. The minimum absolute atomic E-state index is 0.0169. The molecule has 4 aliphatic rings. The molecule has 4 atom stereocenters. The van der Waals surface area contributed by atoms with E-state index in [4.69, 9.17) is 52.1 Å². The average Bonchev–Trinajstić information content (AvgIpc) is 1.69. The minimum atomic E-state index is -1.07. The Morgan fingerprint density at radius 1 is 0.394 bits per heavy atom. The lowest BCUT2D eigenvalue weighted by Crippen LogP contribution is -2.34. The van der Waals surface area contributed by atoms with Gasteiger partial charge in [0.15, 0.2) is 23.4 Å². The summed E-state index contributed by atoms with van der Waals surface area (Å²) in [7, 11) is 6.54. The van der Waals surface area contributed by atoms with Gasteiger partial charge < -0.3 is 52.1 Å². The molecule has 0 spiro atoms. The normalized spacial score (nSPS) is 15.9. The highest BCUT2D eigenvalue weighted by Crippen LogP contribution is 2.59. The number of methoxy groups -OCH3 is 4. The maximum absolute atomic E-state index is 14.1. The smallest absolute Gasteiger partial charge is 0.307 e. The van der Waals surface area contributed by atoms with Gasteiger partial charge in [-0.2, -0.15) is 0 Å². The van der Waals surface area contributed by atoms with E-state index in [9.17, 15) is 19.2 Å². The Kier molecular flexibility index (Phi) is 18.3. The lowest BCUT2D eigenvalue weighted by atomic mass is 9.81. The number of carbonyl (C=O) groups excluding carboxylic acids is 4. The largest absolute Gasteiger partial charge is 0.497 e. The number of ether oxygens (including phenoxy) is 11. The number of rotatable bonds is 24. The number of benzene rings is 10. The molecule has 4 unspecified atom stereocenters. The van der Waals surface area contributed by atoms with Crippen LogP contribution in [0.3, 0.4) is 0 Å². The van der Waals surface area contributed by atoms with Crippen LogP contribution in [0.15, 0.2) is 206 Å². The van der Waals surface area contributed by atoms with Crippen LogP contribution < -0.4 is 28.4 Å². The van der Waals surface area contributed by atoms with Crippen LogP contribution in [0, 0.1) is 0 Å². The average molecular weight is 1320 g/mol. The van der Waals surface area contributed by atoms with Crippen molar-refractivity contribution in [3.05, 3.63) is 262 Å². The molecule has 15 nitrogen and oxygen atoms in total. The molecule has 0 fully saturated rings. The van der Waals surface area contributed by atoms with E-state index in [1.54, 1.807) is 28.4 Å². The quantitative estimate of drug-likeness (QED) is 0.0413. The van der Waals surface area contributed by atoms with Crippen LogP contribution in [0.5, 0.6) is 34.5 Å². The van der Waals surface area contributed by atoms with Crippen LogP contribution in [0.4, 0.5) is 0 Å². The second-order valence-electron chi connectivity index (χ2n) is 24.9. The minimum Gasteiger partial charge on any atom is -0.497 e. The first-order valence-electron chi connectivity index (χ1n) is 33.5. The maximum Gasteiger partial charge on any atom is 0.307 e. The molecule has 0 saturated heterocycles. The third-order valence-corrected chi connectivity index (χ3v) is 19.3. The Hall–Kier alpha value is -11.2. The highest BCUT2D eigenvalue weighted by atomic mass is 16.6. The highest BCUT2D eigenvalue weighted by Gasteiger charge is 2.45. The molecule has 0 saturated carbocycles. The number of hydrogen-bond donors (Lipinski definition) is 0. The van der Waals surface area contributed by atoms with Crippen molar-refractivity contribution in [3.8, 4) is 56.8 Å². The summed E-state index contributed by atoms with van der Waals surface area (Å²) in [6, 6.07) is 63.3. The van der Waals surface area contributed by atoms with Crippen molar-refractivity contribution in [3.63, 3.8) is 0 Å². The van der Waals surface area contributed by atoms with Gasteiger partial charge in [0.1, 0.15) is 46.7 Å². The van der Waals surface area contributed by atoms with Gasteiger partial charge in [-0.25, -0.2) is 0 Å². The van der Waals surface area contributed by atoms with Crippen LogP contribution in [0.1, 0.15) is 120 Å². The van der Waals surface area contributed by atoms with E-state index >= 15 is 0 Å². The van der Waals surface area contributed by atoms with Gasteiger partial charge in [-0.1, -0.05) is 172 Å². The summed E-state index contributed by atoms with van der Waals surface area (Å²) < 4.78 is 67.6. The summed E-state index contributed by atoms with van der Waals surface area (Å²) in [4.78, 5) is 55.3. The van der Waals surface area contributed by atoms with Crippen LogP contribution in [-0.2, 0) is 54.1 Å². The van der Waals surface area contributed by atoms with Crippen LogP contribution in [-0.4, -0.2) is 77.7 Å². The molecule has 0 bridgehead atoms. The van der Waals surface area contributed by atoms with E-state index < -0.39 is 59.5 Å². The molecular weight excluding hydrogens is 1250 g/mol. The van der Waals surface area contributed by atoms with Crippen molar-refractivity contribution in [2.24, 2.45) is 0 Å². The number of fused-ring (bicyclic) bond motifs is 16. The zero-order valence-electron chi connectivity index (χ0n) is 55.9. The van der Waals surface area contributed by atoms with Gasteiger partial charge in [0.25, 0.3) is 0 Å². The van der Waals surface area contributed by atoms with Crippen molar-refractivity contribution in [1.82, 2.24) is 0 Å². The molecule has 2 heterocycles. The fraction of sp³-hybridized carbons (Fsp3) is 0.238. The van der Waals surface area contributed by atoms with Gasteiger partial charge in [-0.15, -0.1) is 0 Å². The molecule has 500 valence electrons. The Labute approximate surface area is 574 Å². The number of esters is 4. The number of hydrogen-bond acceptors (Lipinski definition) is 15. The molecule has 0 aromatic heterocycles. The topological polar surface area (TPSA) is 170 Å². The van der Waals surface area contributed by atoms with Crippen molar-refractivity contribution in [2.75, 3.05) is 41.7 Å². The third kappa shape index (κ3) is 12.1. The van der Waals surface area contributed by atoms with Crippen molar-refractivity contribution in [2.45, 2.75) is 88.0 Å². The van der Waals surface area contributed by atoms with Gasteiger partial charge >= 0.3 is 23.9 Å². The standard InChI is InChI=1S/C84H74O15/c1-7-55(94-71(85)41-43-73(87)96-81-67-23-15-11-19-63(67)75-61-17-9-13-21-65(61)79-69(77(75)81)45-47-83(98-79,51-25-33-57(89-3)34-26-51)52-27-35-58(90-4)36-28-52)49-93-50-56(8-2)95-72(86)42-44-74(88)97-82-68-24-16-12-20-64(68)76-62-18-10-14-22-66(62)80-70(78(76)82)46-48-84(99-80,53-29-37-59(91-5)38-30-53)54-31-39-60(92-6)40-32-54/h9-40,45-48,55-56,81-82H,7-8,41-44,49-50H2,1-6H3. The van der Waals surface area contributed by atoms with Crippen molar-refractivity contribution in [1.29, 1.82) is 0 Å². The lowest BCUT2D eigenvalue weighted by Gasteiger charge is -2.37. The third-order valence-electron chi connectivity index (χ3n) is 19.3. The van der Waals surface area contributed by atoms with E-state index in [1.807, 2.05) is 196 Å². The SMILES string of the molecule is CCC(COCC(CC)OC(=O)CCC(=O)OC1c2ccccc2-c2c1c1c(c3ccccc23)OC(c2ccc(OC)cc2)(c2ccc(OC)cc2)C=C1)OC(=O)CCC(=O)OC1c2ccccc2-c2c1c1c(c3ccccc23)OC(c2ccc(OC)cc2)(c2ccc(OC)cc2)C=C1. The summed E-state index contributed by atoms with van der Waals surface area (Å²) in [6.07, 6.45) is 5.18. The van der Waals surface area contributed by atoms with E-state index in [0.29, 0.717) is 47.3 Å². The lowest BCUT2D eigenvalue weighted by molar-refractivity contribution is -0.160. The first-order chi connectivity index (χ1) is 48.4. The fourth-order valence-electron chi connectivity index (χ4n) is 14.2. The summed E-state index contributed by atoms with van der Waals surface area (Å²) in [5, 5.41) is 3.66. The molecule has 10 aromatic rings. The fourth-order valence-corrected chi connectivity index (χ4v) is 14.2. The predicted molar refractivity (Wildman–Crippen MR) is 377 cm³/mol. The maximum atomic E-state index is 14.1. The Balaban J connectivity index is 0.609. The van der Waals surface area contributed by atoms with E-state index in [-0.39, 0.29) is 38.9 Å². The molecule has 15 heteroatoms. The molecule has 2 aliphatic carbocycles. The van der Waals surface area contributed by atoms with Crippen LogP contribution in [0.25, 0.3) is 56.0 Å². The first kappa shape index (κ1) is 65.1. The molecule has 2 aliphatic heterocycles. The van der Waals surface area contributed by atoms with Gasteiger partial charge in [0.2, 0.25) is 0 Å². The second kappa shape index (κ2) is 27.8. The molecule has 99 heavy (non-hydrogen) atoms. The van der Waals surface area contributed by atoms with Gasteiger partial charge in [-0.3, -0.25) is 19.2 Å². The Morgan fingerprint density at radius 2 is 0.707 bits per heavy atom. The van der Waals surface area contributed by atoms with Gasteiger partial charge in [-0.05, 0) is 107 Å². The highest BCUT2D eigenvalue weighted by molar-refractivity contribution is 6.09. The zero-order chi connectivity index (χ0) is 68.4. The van der Waals surface area contributed by atoms with E-state index in [2.05, 4.69) is 36.4 Å². The van der Waals surface area contributed by atoms with Crippen molar-refractivity contribution < 1.29 is 71.3 Å². The molecule has 14 rings (SSSR count). The Bertz CT molecular complexity index is 4380. The molecule has 0 amide bonds. The van der Waals surface area contributed by atoms with Crippen LogP contribution in [0.2, 0.25) is 0 Å². The summed E-state index contributed by atoms with van der Waals surface area (Å²) in [5.41, 5.74) is 9.88. The Morgan fingerprint density at radius 3 is 1.04 bits per heavy atom. The molecular formula is C84H74O15. The van der Waals surface area contributed by atoms with Crippen molar-refractivity contribution >= 4 is 57.6 Å². The summed E-state index contributed by atoms with van der Waals surface area (Å²) in [5.74, 6) is 1.76. The van der Waals surface area contributed by atoms with E-state index in [1.165, 1.54) is 0 Å². The zero-order valence-corrected chi connectivity index (χ0v) is 55.9. The molecule has 10 aromatic carbocycles. The van der Waals surface area contributed by atoms with Gasteiger partial charge in [0, 0.05) is 66.4 Å². The number of carbonyl (C=O) groups is 4. The van der Waals surface area contributed by atoms with E-state index in [0.717, 1.165) is 99.4 Å². The second-order valence-corrected chi connectivity index (χ2v) is 24.9. The van der Waals surface area contributed by atoms with Gasteiger partial charge in [0.05, 0.1) is 67.3 Å².